The molecule has 0 aliphatic rings. The van der Waals surface area contributed by atoms with Crippen LogP contribution in [0.2, 0.25) is 0 Å². The number of para-hydroxylation sites is 1. The maximum atomic E-state index is 10.4. The Labute approximate surface area is 185 Å². The summed E-state index contributed by atoms with van der Waals surface area (Å²) in [5.74, 6) is 0.420. The summed E-state index contributed by atoms with van der Waals surface area (Å²) in [4.78, 5) is 3.32. The monoisotopic (exact) mass is 426 g/mol. The van der Waals surface area contributed by atoms with Crippen LogP contribution in [0.25, 0.3) is 21.8 Å². The van der Waals surface area contributed by atoms with E-state index in [4.69, 9.17) is 19.7 Å². The van der Waals surface area contributed by atoms with Crippen LogP contribution in [0.15, 0.2) is 60.7 Å². The number of benzene rings is 3. The minimum absolute atomic E-state index is 0.0459. The van der Waals surface area contributed by atoms with Crippen molar-refractivity contribution in [1.82, 2.24) is 10.3 Å². The standard InChI is InChI=1S/C24H26N2O5/c1-29-23-13-16(27)9-10-21(23)30-12-11-25-14-17(28)15-31-22-8-4-7-20-24(22)18-5-2-3-6-19(18)26-20/h2-10,13,17,25-28H,11-12,14-15H2,1H3/i11D2,12D2. The van der Waals surface area contributed by atoms with Crippen molar-refractivity contribution in [2.75, 3.05) is 33.3 Å². The molecule has 4 rings (SSSR count). The number of phenols is 1. The summed E-state index contributed by atoms with van der Waals surface area (Å²) in [7, 11) is 1.32. The topological polar surface area (TPSA) is 96.0 Å². The predicted octanol–water partition coefficient (Wildman–Crippen LogP) is 3.44. The number of H-pyrrole nitrogens is 1. The molecule has 0 amide bonds. The lowest BCUT2D eigenvalue weighted by Gasteiger charge is -2.15. The van der Waals surface area contributed by atoms with Crippen molar-refractivity contribution in [3.05, 3.63) is 60.7 Å². The van der Waals surface area contributed by atoms with E-state index in [-0.39, 0.29) is 30.4 Å². The second-order valence-electron chi connectivity index (χ2n) is 6.86. The van der Waals surface area contributed by atoms with Gasteiger partial charge in [-0.25, -0.2) is 0 Å². The van der Waals surface area contributed by atoms with E-state index in [1.165, 1.54) is 25.3 Å². The minimum Gasteiger partial charge on any atom is -0.508 e. The van der Waals surface area contributed by atoms with E-state index in [9.17, 15) is 10.2 Å². The number of methoxy groups -OCH3 is 1. The molecular formula is C24H26N2O5. The second kappa shape index (κ2) is 9.59. The highest BCUT2D eigenvalue weighted by Crippen LogP contribution is 2.33. The molecule has 3 aromatic carbocycles. The largest absolute Gasteiger partial charge is 0.508 e. The molecule has 4 aromatic rings. The number of aliphatic hydroxyl groups is 1. The first-order chi connectivity index (χ1) is 16.6. The van der Waals surface area contributed by atoms with E-state index >= 15 is 0 Å². The molecule has 7 heteroatoms. The number of phenolic OH excluding ortho intramolecular Hbond substituents is 1. The van der Waals surface area contributed by atoms with Gasteiger partial charge >= 0.3 is 0 Å². The Bertz CT molecular complexity index is 1330. The highest BCUT2D eigenvalue weighted by atomic mass is 16.5. The first-order valence-electron chi connectivity index (χ1n) is 11.7. The number of aromatic amines is 1. The molecule has 0 saturated heterocycles. The van der Waals surface area contributed by atoms with Crippen LogP contribution >= 0.6 is 0 Å². The molecule has 0 aliphatic carbocycles. The number of aromatic hydroxyl groups is 1. The van der Waals surface area contributed by atoms with Gasteiger partial charge in [0, 0.05) is 38.1 Å². The number of hydrogen-bond donors (Lipinski definition) is 4. The van der Waals surface area contributed by atoms with Gasteiger partial charge in [-0.3, -0.25) is 0 Å². The van der Waals surface area contributed by atoms with E-state index < -0.39 is 19.2 Å². The Morgan fingerprint density at radius 3 is 2.71 bits per heavy atom. The van der Waals surface area contributed by atoms with Crippen molar-refractivity contribution < 1.29 is 29.9 Å². The predicted molar refractivity (Wildman–Crippen MR) is 120 cm³/mol. The Hall–Kier alpha value is -3.42. The molecule has 7 nitrogen and oxygen atoms in total. The molecular weight excluding hydrogens is 396 g/mol. The van der Waals surface area contributed by atoms with Gasteiger partial charge in [-0.05, 0) is 30.3 Å². The molecule has 0 aliphatic heterocycles. The molecule has 0 bridgehead atoms. The van der Waals surface area contributed by atoms with Gasteiger partial charge in [0.2, 0.25) is 0 Å². The Balaban J connectivity index is 1.39. The third-order valence-electron chi connectivity index (χ3n) is 4.71. The molecule has 162 valence electrons. The minimum atomic E-state index is -2.84. The molecule has 1 atom stereocenters. The lowest BCUT2D eigenvalue weighted by Crippen LogP contribution is -2.33. The normalized spacial score (nSPS) is 15.0. The van der Waals surface area contributed by atoms with Crippen molar-refractivity contribution in [1.29, 1.82) is 0 Å². The zero-order valence-electron chi connectivity index (χ0n) is 20.9. The molecule has 1 aromatic heterocycles. The maximum absolute atomic E-state index is 10.4. The summed E-state index contributed by atoms with van der Waals surface area (Å²) in [6.45, 7) is -5.97. The number of hydrogen-bond acceptors (Lipinski definition) is 6. The third-order valence-corrected chi connectivity index (χ3v) is 4.71. The van der Waals surface area contributed by atoms with Crippen LogP contribution in [-0.4, -0.2) is 54.6 Å². The van der Waals surface area contributed by atoms with Crippen LogP contribution in [0, 0.1) is 0 Å². The van der Waals surface area contributed by atoms with Gasteiger partial charge in [0.25, 0.3) is 0 Å². The summed E-state index contributed by atoms with van der Waals surface area (Å²) in [5.41, 5.74) is 1.85. The van der Waals surface area contributed by atoms with Crippen molar-refractivity contribution >= 4 is 21.8 Å². The van der Waals surface area contributed by atoms with Crippen molar-refractivity contribution in [3.8, 4) is 23.0 Å². The summed E-state index contributed by atoms with van der Waals surface area (Å²) >= 11 is 0. The van der Waals surface area contributed by atoms with E-state index in [0.29, 0.717) is 5.75 Å². The number of nitrogens with one attached hydrogen (secondary N) is 2. The summed E-state index contributed by atoms with van der Waals surface area (Å²) in [6.07, 6.45) is -1.13. The van der Waals surface area contributed by atoms with Crippen LogP contribution in [0.1, 0.15) is 5.48 Å². The number of aliphatic hydroxyl groups excluding tert-OH is 1. The van der Waals surface area contributed by atoms with Gasteiger partial charge in [-0.2, -0.15) is 0 Å². The average Bonchev–Trinajstić information content (AvgIpc) is 3.21. The molecule has 1 unspecified atom stereocenters. The molecule has 0 radical (unpaired) electrons. The SMILES string of the molecule is [2H]C([2H])(NCC(O)COc1cccc2[nH]c3ccccc3c12)C([2H])([2H])Oc1ccc(O)cc1OC. The van der Waals surface area contributed by atoms with Crippen molar-refractivity contribution in [2.45, 2.75) is 6.10 Å². The Morgan fingerprint density at radius 1 is 1.00 bits per heavy atom. The lowest BCUT2D eigenvalue weighted by atomic mass is 10.1. The molecule has 1 heterocycles. The molecule has 4 N–H and O–H groups in total. The number of rotatable bonds is 10. The molecule has 0 fully saturated rings. The first-order valence-corrected chi connectivity index (χ1v) is 9.72. The van der Waals surface area contributed by atoms with E-state index in [2.05, 4.69) is 10.3 Å². The van der Waals surface area contributed by atoms with Crippen LogP contribution in [-0.2, 0) is 0 Å². The van der Waals surface area contributed by atoms with Crippen LogP contribution in [0.3, 0.4) is 0 Å². The quantitative estimate of drug-likeness (QED) is 0.310. The summed E-state index contributed by atoms with van der Waals surface area (Å²) in [5, 5.41) is 24.2. The van der Waals surface area contributed by atoms with Gasteiger partial charge in [-0.15, -0.1) is 0 Å². The Morgan fingerprint density at radius 2 is 1.84 bits per heavy atom. The highest BCUT2D eigenvalue weighted by Gasteiger charge is 2.11. The molecule has 0 saturated carbocycles. The number of fused-ring (bicyclic) bond motifs is 3. The van der Waals surface area contributed by atoms with Gasteiger partial charge in [0.05, 0.1) is 15.4 Å². The fourth-order valence-electron chi connectivity index (χ4n) is 3.26. The smallest absolute Gasteiger partial charge is 0.164 e. The van der Waals surface area contributed by atoms with Gasteiger partial charge in [0.15, 0.2) is 11.5 Å². The van der Waals surface area contributed by atoms with Crippen LogP contribution < -0.4 is 19.5 Å². The summed E-state index contributed by atoms with van der Waals surface area (Å²) in [6, 6.07) is 17.1. The van der Waals surface area contributed by atoms with Crippen molar-refractivity contribution in [2.24, 2.45) is 0 Å². The van der Waals surface area contributed by atoms with Crippen LogP contribution in [0.5, 0.6) is 23.0 Å². The third kappa shape index (κ3) is 4.84. The molecule has 31 heavy (non-hydrogen) atoms. The van der Waals surface area contributed by atoms with E-state index in [1.54, 1.807) is 6.07 Å². The van der Waals surface area contributed by atoms with E-state index in [1.807, 2.05) is 36.4 Å². The fourth-order valence-corrected chi connectivity index (χ4v) is 3.26. The Kier molecular flexibility index (Phi) is 5.04. The lowest BCUT2D eigenvalue weighted by molar-refractivity contribution is 0.106. The number of ether oxygens (including phenoxy) is 3. The maximum Gasteiger partial charge on any atom is 0.164 e. The zero-order chi connectivity index (χ0) is 25.2. The van der Waals surface area contributed by atoms with Gasteiger partial charge in [0.1, 0.15) is 30.8 Å². The summed E-state index contributed by atoms with van der Waals surface area (Å²) < 4.78 is 48.6. The first kappa shape index (κ1) is 16.3. The number of aromatic nitrogens is 1. The molecule has 0 spiro atoms. The fraction of sp³-hybridized carbons (Fsp3) is 0.250. The van der Waals surface area contributed by atoms with Gasteiger partial charge in [-0.1, -0.05) is 24.3 Å². The average molecular weight is 427 g/mol. The second-order valence-corrected chi connectivity index (χ2v) is 6.86. The van der Waals surface area contributed by atoms with E-state index in [0.717, 1.165) is 21.8 Å². The van der Waals surface area contributed by atoms with Crippen molar-refractivity contribution in [3.63, 3.8) is 0 Å². The van der Waals surface area contributed by atoms with Gasteiger partial charge < -0.3 is 34.7 Å². The highest BCUT2D eigenvalue weighted by molar-refractivity contribution is 6.10. The van der Waals surface area contributed by atoms with Crippen LogP contribution in [0.4, 0.5) is 0 Å². The zero-order valence-corrected chi connectivity index (χ0v) is 16.9.